The van der Waals surface area contributed by atoms with Crippen LogP contribution >= 0.6 is 0 Å². The molecule has 0 radical (unpaired) electrons. The van der Waals surface area contributed by atoms with Gasteiger partial charge in [0.15, 0.2) is 0 Å². The van der Waals surface area contributed by atoms with Crippen molar-refractivity contribution in [3.05, 3.63) is 0 Å². The van der Waals surface area contributed by atoms with Crippen molar-refractivity contribution in [2.75, 3.05) is 7.05 Å². The second kappa shape index (κ2) is 2.76. The van der Waals surface area contributed by atoms with E-state index in [0.29, 0.717) is 6.32 Å². The highest BCUT2D eigenvalue weighted by Gasteiger charge is 1.84. The highest BCUT2D eigenvalue weighted by atomic mass is 16.1. The Balaban J connectivity index is 2.99. The van der Waals surface area contributed by atoms with Gasteiger partial charge < -0.3 is 5.32 Å². The van der Waals surface area contributed by atoms with Gasteiger partial charge in [-0.05, 0) is 6.32 Å². The van der Waals surface area contributed by atoms with Gasteiger partial charge in [-0.15, -0.1) is 0 Å². The molecule has 0 aliphatic carbocycles. The predicted molar refractivity (Wildman–Crippen MR) is 27.4 cm³/mol. The van der Waals surface area contributed by atoms with Crippen LogP contribution in [0.3, 0.4) is 0 Å². The zero-order valence-corrected chi connectivity index (χ0v) is 4.12. The molecule has 3 heteroatoms. The van der Waals surface area contributed by atoms with Crippen molar-refractivity contribution in [1.29, 1.82) is 0 Å². The van der Waals surface area contributed by atoms with E-state index in [9.17, 15) is 4.79 Å². The quantitative estimate of drug-likeness (QED) is 0.397. The van der Waals surface area contributed by atoms with Crippen molar-refractivity contribution in [1.82, 2.24) is 5.32 Å². The predicted octanol–water partition coefficient (Wildman–Crippen LogP) is -1.22. The van der Waals surface area contributed by atoms with Crippen LogP contribution in [0.4, 0.5) is 0 Å². The fourth-order valence-corrected chi connectivity index (χ4v) is 0.177. The van der Waals surface area contributed by atoms with Crippen LogP contribution in [0.15, 0.2) is 0 Å². The molecule has 34 valence electrons. The van der Waals surface area contributed by atoms with Gasteiger partial charge in [0.1, 0.15) is 7.85 Å². The van der Waals surface area contributed by atoms with Crippen molar-refractivity contribution in [3.63, 3.8) is 0 Å². The lowest BCUT2D eigenvalue weighted by atomic mass is 10.1. The molecule has 0 rings (SSSR count). The Hall–Kier alpha value is -0.465. The topological polar surface area (TPSA) is 29.1 Å². The van der Waals surface area contributed by atoms with E-state index in [1.165, 1.54) is 0 Å². The van der Waals surface area contributed by atoms with Crippen LogP contribution in [0, 0.1) is 0 Å². The lowest BCUT2D eigenvalue weighted by molar-refractivity contribution is -0.118. The van der Waals surface area contributed by atoms with Gasteiger partial charge in [0.05, 0.1) is 0 Å². The molecule has 0 fully saturated rings. The summed E-state index contributed by atoms with van der Waals surface area (Å²) in [7, 11) is 3.45. The van der Waals surface area contributed by atoms with Crippen LogP contribution in [-0.4, -0.2) is 20.8 Å². The summed E-state index contributed by atoms with van der Waals surface area (Å²) in [6.07, 6.45) is 0.580. The smallest absolute Gasteiger partial charge is 0.211 e. The van der Waals surface area contributed by atoms with Gasteiger partial charge >= 0.3 is 0 Å². The molecular weight excluding hydrogens is 76.9 g/mol. The second-order valence-electron chi connectivity index (χ2n) is 1.03. The first-order valence-corrected chi connectivity index (χ1v) is 2.01. The number of amides is 1. The highest BCUT2D eigenvalue weighted by Crippen LogP contribution is 1.64. The number of hydrogen-bond donors (Lipinski definition) is 1. The molecule has 0 aromatic rings. The Kier molecular flexibility index (Phi) is 2.54. The van der Waals surface area contributed by atoms with Crippen LogP contribution in [0.1, 0.15) is 0 Å². The molecular formula is C3H8BNO. The maximum absolute atomic E-state index is 10.1. The largest absolute Gasteiger partial charge is 0.360 e. The van der Waals surface area contributed by atoms with Crippen LogP contribution in [0.2, 0.25) is 6.32 Å². The lowest BCUT2D eigenvalue weighted by Crippen LogP contribution is -2.15. The first-order valence-electron chi connectivity index (χ1n) is 2.01. The van der Waals surface area contributed by atoms with Gasteiger partial charge in [-0.2, -0.15) is 0 Å². The number of nitrogens with one attached hydrogen (secondary N) is 1. The van der Waals surface area contributed by atoms with Crippen molar-refractivity contribution in [3.8, 4) is 0 Å². The van der Waals surface area contributed by atoms with E-state index in [1.807, 2.05) is 7.85 Å². The van der Waals surface area contributed by atoms with Gasteiger partial charge in [0.2, 0.25) is 5.91 Å². The maximum atomic E-state index is 10.1. The van der Waals surface area contributed by atoms with Crippen LogP contribution in [-0.2, 0) is 4.79 Å². The van der Waals surface area contributed by atoms with Crippen molar-refractivity contribution in [2.45, 2.75) is 6.32 Å². The van der Waals surface area contributed by atoms with Gasteiger partial charge in [-0.3, -0.25) is 4.79 Å². The zero-order valence-electron chi connectivity index (χ0n) is 4.12. The van der Waals surface area contributed by atoms with Crippen molar-refractivity contribution < 1.29 is 4.79 Å². The molecule has 0 aromatic heterocycles. The van der Waals surface area contributed by atoms with Crippen LogP contribution in [0.5, 0.6) is 0 Å². The number of hydrogen-bond acceptors (Lipinski definition) is 1. The molecule has 0 aliphatic rings. The summed E-state index contributed by atoms with van der Waals surface area (Å²) in [6.45, 7) is 0. The fourth-order valence-electron chi connectivity index (χ4n) is 0.177. The minimum Gasteiger partial charge on any atom is -0.360 e. The van der Waals surface area contributed by atoms with Gasteiger partial charge in [0.25, 0.3) is 0 Å². The summed E-state index contributed by atoms with van der Waals surface area (Å²) in [5, 5.41) is 2.48. The van der Waals surface area contributed by atoms with E-state index in [0.717, 1.165) is 0 Å². The van der Waals surface area contributed by atoms with E-state index < -0.39 is 0 Å². The molecule has 6 heavy (non-hydrogen) atoms. The molecule has 2 nitrogen and oxygen atoms in total. The third kappa shape index (κ3) is 1.82. The van der Waals surface area contributed by atoms with Gasteiger partial charge in [-0.1, -0.05) is 0 Å². The number of carbonyl (C=O) groups is 1. The van der Waals surface area contributed by atoms with E-state index in [1.54, 1.807) is 7.05 Å². The maximum Gasteiger partial charge on any atom is 0.211 e. The van der Waals surface area contributed by atoms with Crippen LogP contribution in [0.25, 0.3) is 0 Å². The molecule has 0 aliphatic heterocycles. The minimum absolute atomic E-state index is 0.0926. The van der Waals surface area contributed by atoms with E-state index in [2.05, 4.69) is 5.32 Å². The Morgan fingerprint density at radius 1 is 2.00 bits per heavy atom. The third-order valence-corrected chi connectivity index (χ3v) is 0.600. The molecule has 0 saturated carbocycles. The zero-order chi connectivity index (χ0) is 4.99. The van der Waals surface area contributed by atoms with E-state index >= 15 is 0 Å². The standard InChI is InChI=1S/C3H8BNO/c1-5-3(6)2-4/h2,4H2,1H3,(H,5,6). The lowest BCUT2D eigenvalue weighted by Gasteiger charge is -1.87. The van der Waals surface area contributed by atoms with Crippen molar-refractivity contribution >= 4 is 13.8 Å². The molecule has 0 aromatic carbocycles. The molecule has 0 atom stereocenters. The summed E-state index contributed by atoms with van der Waals surface area (Å²) in [4.78, 5) is 10.1. The molecule has 0 bridgehead atoms. The Morgan fingerprint density at radius 2 is 2.50 bits per heavy atom. The molecule has 0 unspecified atom stereocenters. The monoisotopic (exact) mass is 85.1 g/mol. The molecule has 0 saturated heterocycles. The van der Waals surface area contributed by atoms with Crippen molar-refractivity contribution in [2.24, 2.45) is 0 Å². The molecule has 1 N–H and O–H groups in total. The Morgan fingerprint density at radius 3 is 2.50 bits per heavy atom. The first-order chi connectivity index (χ1) is 2.81. The summed E-state index contributed by atoms with van der Waals surface area (Å²) in [6, 6.07) is 0. The first kappa shape index (κ1) is 5.53. The average molecular weight is 84.9 g/mol. The minimum atomic E-state index is 0.0926. The highest BCUT2D eigenvalue weighted by molar-refractivity contribution is 6.19. The summed E-state index contributed by atoms with van der Waals surface area (Å²) < 4.78 is 0. The molecule has 0 spiro atoms. The summed E-state index contributed by atoms with van der Waals surface area (Å²) in [5.74, 6) is 0.0926. The number of carbonyl (C=O) groups excluding carboxylic acids is 1. The third-order valence-electron chi connectivity index (χ3n) is 0.600. The Bertz CT molecular complexity index is 48.8. The second-order valence-corrected chi connectivity index (χ2v) is 1.03. The SMILES string of the molecule is BCC(=O)NC. The summed E-state index contributed by atoms with van der Waals surface area (Å²) in [5.41, 5.74) is 0. The normalized spacial score (nSPS) is 7.50. The molecule has 0 heterocycles. The molecule has 1 amide bonds. The summed E-state index contributed by atoms with van der Waals surface area (Å²) >= 11 is 0. The number of rotatable bonds is 1. The van der Waals surface area contributed by atoms with Crippen LogP contribution < -0.4 is 5.32 Å². The fraction of sp³-hybridized carbons (Fsp3) is 0.667. The van der Waals surface area contributed by atoms with E-state index in [4.69, 9.17) is 0 Å². The Labute approximate surface area is 38.3 Å². The van der Waals surface area contributed by atoms with E-state index in [-0.39, 0.29) is 5.91 Å². The average Bonchev–Trinajstić information content (AvgIpc) is 1.65. The van der Waals surface area contributed by atoms with Gasteiger partial charge in [0, 0.05) is 7.05 Å². The van der Waals surface area contributed by atoms with Gasteiger partial charge in [-0.25, -0.2) is 0 Å².